The van der Waals surface area contributed by atoms with Crippen molar-refractivity contribution >= 4 is 0 Å². The van der Waals surface area contributed by atoms with Crippen molar-refractivity contribution in [1.82, 2.24) is 0 Å². The van der Waals surface area contributed by atoms with Gasteiger partial charge in [-0.2, -0.15) is 0 Å². The molecule has 0 unspecified atom stereocenters. The second-order valence-corrected chi connectivity index (χ2v) is 8.82. The number of hydrogen-bond donors (Lipinski definition) is 2. The van der Waals surface area contributed by atoms with Gasteiger partial charge in [0.05, 0.1) is 5.56 Å². The number of hydrogen-bond acceptors (Lipinski definition) is 2. The van der Waals surface area contributed by atoms with Crippen molar-refractivity contribution < 1.29 is 10.2 Å². The average Bonchev–Trinajstić information content (AvgIpc) is 3.27. The molecule has 6 rings (SSSR count). The fourth-order valence-corrected chi connectivity index (χ4v) is 5.33. The molecule has 0 saturated heterocycles. The minimum absolute atomic E-state index is 0.0884. The molecule has 1 aliphatic rings. The van der Waals surface area contributed by atoms with Crippen LogP contribution in [0, 0.1) is 0 Å². The summed E-state index contributed by atoms with van der Waals surface area (Å²) in [6, 6.07) is 38.5. The van der Waals surface area contributed by atoms with Crippen molar-refractivity contribution in [3.05, 3.63) is 143 Å². The highest BCUT2D eigenvalue weighted by Crippen LogP contribution is 2.49. The van der Waals surface area contributed by atoms with E-state index in [9.17, 15) is 10.2 Å². The zero-order valence-electron chi connectivity index (χ0n) is 18.6. The van der Waals surface area contributed by atoms with Crippen molar-refractivity contribution in [3.63, 3.8) is 0 Å². The van der Waals surface area contributed by atoms with Gasteiger partial charge in [0, 0.05) is 11.5 Å². The lowest BCUT2D eigenvalue weighted by atomic mass is 9.82. The molecule has 0 aromatic heterocycles. The number of phenolic OH excluding ortho intramolecular Hbond substituents is 2. The summed E-state index contributed by atoms with van der Waals surface area (Å²) in [7, 11) is 0. The SMILES string of the molecule is Oc1ccc(C(c2ccccc2)c2ccccc2)c(O)c1-c1cccc2c1Cc1ccccc1-2. The molecule has 2 heteroatoms. The van der Waals surface area contributed by atoms with E-state index in [2.05, 4.69) is 54.6 Å². The van der Waals surface area contributed by atoms with E-state index in [1.165, 1.54) is 16.7 Å². The van der Waals surface area contributed by atoms with Crippen molar-refractivity contribution in [1.29, 1.82) is 0 Å². The number of benzene rings is 5. The van der Waals surface area contributed by atoms with E-state index in [0.717, 1.165) is 34.2 Å². The molecule has 0 heterocycles. The van der Waals surface area contributed by atoms with Crippen LogP contribution in [0.15, 0.2) is 115 Å². The number of fused-ring (bicyclic) bond motifs is 3. The van der Waals surface area contributed by atoms with Crippen molar-refractivity contribution in [2.24, 2.45) is 0 Å². The van der Waals surface area contributed by atoms with Crippen LogP contribution in [0.1, 0.15) is 33.7 Å². The average molecular weight is 441 g/mol. The van der Waals surface area contributed by atoms with Crippen LogP contribution >= 0.6 is 0 Å². The van der Waals surface area contributed by atoms with Crippen LogP contribution in [0.3, 0.4) is 0 Å². The van der Waals surface area contributed by atoms with E-state index >= 15 is 0 Å². The summed E-state index contributed by atoms with van der Waals surface area (Å²) in [4.78, 5) is 0. The van der Waals surface area contributed by atoms with Crippen LogP contribution in [0.4, 0.5) is 0 Å². The van der Waals surface area contributed by atoms with E-state index in [1.54, 1.807) is 6.07 Å². The molecule has 0 atom stereocenters. The molecule has 5 aromatic carbocycles. The maximum absolute atomic E-state index is 11.7. The van der Waals surface area contributed by atoms with E-state index < -0.39 is 0 Å². The molecule has 0 amide bonds. The Balaban J connectivity index is 1.56. The van der Waals surface area contributed by atoms with Gasteiger partial charge in [-0.3, -0.25) is 0 Å². The van der Waals surface area contributed by atoms with Gasteiger partial charge in [-0.25, -0.2) is 0 Å². The topological polar surface area (TPSA) is 40.5 Å². The Labute approximate surface area is 199 Å². The Morgan fingerprint density at radius 3 is 1.82 bits per heavy atom. The second kappa shape index (κ2) is 8.24. The lowest BCUT2D eigenvalue weighted by Crippen LogP contribution is -2.04. The molecular weight excluding hydrogens is 416 g/mol. The lowest BCUT2D eigenvalue weighted by Gasteiger charge is -2.22. The third kappa shape index (κ3) is 3.27. The summed E-state index contributed by atoms with van der Waals surface area (Å²) in [6.07, 6.45) is 0.783. The zero-order chi connectivity index (χ0) is 23.1. The van der Waals surface area contributed by atoms with Crippen molar-refractivity contribution in [2.75, 3.05) is 0 Å². The first-order valence-corrected chi connectivity index (χ1v) is 11.6. The minimum atomic E-state index is -0.157. The summed E-state index contributed by atoms with van der Waals surface area (Å²) >= 11 is 0. The van der Waals surface area contributed by atoms with Crippen LogP contribution in [-0.4, -0.2) is 10.2 Å². The molecule has 2 N–H and O–H groups in total. The molecule has 0 aliphatic heterocycles. The zero-order valence-corrected chi connectivity index (χ0v) is 18.6. The van der Waals surface area contributed by atoms with Gasteiger partial charge in [-0.05, 0) is 51.4 Å². The Morgan fingerprint density at radius 1 is 0.529 bits per heavy atom. The molecule has 0 spiro atoms. The van der Waals surface area contributed by atoms with Crippen LogP contribution in [-0.2, 0) is 6.42 Å². The van der Waals surface area contributed by atoms with Crippen LogP contribution in [0.5, 0.6) is 11.5 Å². The third-order valence-corrected chi connectivity index (χ3v) is 6.88. The summed E-state index contributed by atoms with van der Waals surface area (Å²) < 4.78 is 0. The first-order valence-electron chi connectivity index (χ1n) is 11.6. The summed E-state index contributed by atoms with van der Waals surface area (Å²) in [5, 5.41) is 22.7. The molecule has 0 saturated carbocycles. The molecule has 2 nitrogen and oxygen atoms in total. The molecular formula is C32H24O2. The first kappa shape index (κ1) is 20.3. The largest absolute Gasteiger partial charge is 0.507 e. The summed E-state index contributed by atoms with van der Waals surface area (Å²) in [6.45, 7) is 0. The van der Waals surface area contributed by atoms with Gasteiger partial charge in [0.15, 0.2) is 0 Å². The Hall–Kier alpha value is -4.30. The van der Waals surface area contributed by atoms with Gasteiger partial charge in [0.2, 0.25) is 0 Å². The highest BCUT2D eigenvalue weighted by atomic mass is 16.3. The molecule has 164 valence electrons. The highest BCUT2D eigenvalue weighted by Gasteiger charge is 2.27. The Morgan fingerprint density at radius 2 is 1.12 bits per heavy atom. The van der Waals surface area contributed by atoms with E-state index in [4.69, 9.17) is 0 Å². The number of rotatable bonds is 4. The normalized spacial score (nSPS) is 11.9. The molecule has 0 fully saturated rings. The molecule has 1 aliphatic carbocycles. The Kier molecular flexibility index (Phi) is 4.92. The van der Waals surface area contributed by atoms with Gasteiger partial charge in [-0.15, -0.1) is 0 Å². The van der Waals surface area contributed by atoms with Gasteiger partial charge in [-0.1, -0.05) is 109 Å². The van der Waals surface area contributed by atoms with Crippen LogP contribution < -0.4 is 0 Å². The summed E-state index contributed by atoms with van der Waals surface area (Å²) in [5.74, 6) is 0.0586. The van der Waals surface area contributed by atoms with Gasteiger partial charge in [0.1, 0.15) is 11.5 Å². The molecule has 0 radical (unpaired) electrons. The minimum Gasteiger partial charge on any atom is -0.507 e. The van der Waals surface area contributed by atoms with Crippen LogP contribution in [0.25, 0.3) is 22.3 Å². The molecule has 5 aromatic rings. The predicted octanol–water partition coefficient (Wildman–Crippen LogP) is 7.52. The highest BCUT2D eigenvalue weighted by molar-refractivity contribution is 5.89. The number of phenols is 2. The standard InChI is InChI=1S/C32H24O2/c33-29-19-18-27(30(21-10-3-1-4-11-21)22-12-5-2-6-13-22)32(34)31(29)26-17-9-16-25-24-15-8-7-14-23(24)20-28(25)26/h1-19,30,33-34H,20H2. The molecule has 0 bridgehead atoms. The maximum Gasteiger partial charge on any atom is 0.131 e. The monoisotopic (exact) mass is 440 g/mol. The Bertz CT molecular complexity index is 1450. The second-order valence-electron chi connectivity index (χ2n) is 8.82. The quantitative estimate of drug-likeness (QED) is 0.278. The predicted molar refractivity (Wildman–Crippen MR) is 137 cm³/mol. The van der Waals surface area contributed by atoms with Crippen molar-refractivity contribution in [2.45, 2.75) is 12.3 Å². The van der Waals surface area contributed by atoms with E-state index in [0.29, 0.717) is 5.56 Å². The van der Waals surface area contributed by atoms with Gasteiger partial charge in [0.25, 0.3) is 0 Å². The fourth-order valence-electron chi connectivity index (χ4n) is 5.33. The molecule has 34 heavy (non-hydrogen) atoms. The first-order chi connectivity index (χ1) is 16.7. The third-order valence-electron chi connectivity index (χ3n) is 6.88. The number of aromatic hydroxyl groups is 2. The van der Waals surface area contributed by atoms with E-state index in [-0.39, 0.29) is 17.4 Å². The fraction of sp³-hybridized carbons (Fsp3) is 0.0625. The van der Waals surface area contributed by atoms with E-state index in [1.807, 2.05) is 54.6 Å². The van der Waals surface area contributed by atoms with Gasteiger partial charge < -0.3 is 10.2 Å². The maximum atomic E-state index is 11.7. The van der Waals surface area contributed by atoms with Crippen LogP contribution in [0.2, 0.25) is 0 Å². The van der Waals surface area contributed by atoms with Gasteiger partial charge >= 0.3 is 0 Å². The van der Waals surface area contributed by atoms with Crippen molar-refractivity contribution in [3.8, 4) is 33.8 Å². The summed E-state index contributed by atoms with van der Waals surface area (Å²) in [5.41, 5.74) is 9.13. The smallest absolute Gasteiger partial charge is 0.131 e. The lowest BCUT2D eigenvalue weighted by molar-refractivity contribution is 0.449.